The van der Waals surface area contributed by atoms with Crippen LogP contribution in [0.3, 0.4) is 0 Å². The molecule has 2 aliphatic rings. The number of likely N-dealkylation sites (tertiary alicyclic amines) is 1. The van der Waals surface area contributed by atoms with E-state index in [1.807, 2.05) is 42.2 Å². The highest BCUT2D eigenvalue weighted by atomic mass is 16.5. The zero-order chi connectivity index (χ0) is 17.3. The molecule has 2 atom stereocenters. The second kappa shape index (κ2) is 6.51. The third-order valence-electron chi connectivity index (χ3n) is 5.13. The molecular formula is C19H23N5O. The van der Waals surface area contributed by atoms with Crippen molar-refractivity contribution < 1.29 is 4.74 Å². The van der Waals surface area contributed by atoms with Crippen molar-refractivity contribution in [2.24, 2.45) is 7.05 Å². The largest absolute Gasteiger partial charge is 0.380 e. The maximum Gasteiger partial charge on any atom is 0.0992 e. The van der Waals surface area contributed by atoms with Gasteiger partial charge < -0.3 is 10.1 Å². The van der Waals surface area contributed by atoms with E-state index in [-0.39, 0.29) is 5.60 Å². The van der Waals surface area contributed by atoms with Crippen LogP contribution in [0.15, 0.2) is 36.7 Å². The first-order chi connectivity index (χ1) is 12.1. The highest BCUT2D eigenvalue weighted by molar-refractivity contribution is 5.50. The first-order valence-electron chi connectivity index (χ1n) is 8.75. The van der Waals surface area contributed by atoms with Crippen molar-refractivity contribution in [3.63, 3.8) is 0 Å². The average molecular weight is 337 g/mol. The summed E-state index contributed by atoms with van der Waals surface area (Å²) in [5, 5.41) is 16.8. The van der Waals surface area contributed by atoms with Gasteiger partial charge in [-0.1, -0.05) is 6.07 Å². The highest BCUT2D eigenvalue weighted by Gasteiger charge is 2.45. The van der Waals surface area contributed by atoms with Gasteiger partial charge >= 0.3 is 0 Å². The van der Waals surface area contributed by atoms with Crippen LogP contribution in [0.25, 0.3) is 0 Å². The summed E-state index contributed by atoms with van der Waals surface area (Å²) in [6, 6.07) is 10.1. The normalized spacial score (nSPS) is 26.2. The quantitative estimate of drug-likeness (QED) is 0.926. The minimum atomic E-state index is -0.0350. The van der Waals surface area contributed by atoms with Crippen LogP contribution in [0.5, 0.6) is 0 Å². The Morgan fingerprint density at radius 2 is 2.40 bits per heavy atom. The maximum atomic E-state index is 9.03. The number of aryl methyl sites for hydroxylation is 1. The van der Waals surface area contributed by atoms with Gasteiger partial charge in [-0.05, 0) is 24.6 Å². The molecule has 4 rings (SSSR count). The summed E-state index contributed by atoms with van der Waals surface area (Å²) in [5.74, 6) is 0. The molecule has 2 aromatic rings. The molecule has 0 amide bonds. The van der Waals surface area contributed by atoms with Gasteiger partial charge in [0.1, 0.15) is 0 Å². The van der Waals surface area contributed by atoms with Gasteiger partial charge in [0.15, 0.2) is 0 Å². The molecular weight excluding hydrogens is 314 g/mol. The average Bonchev–Trinajstić information content (AvgIpc) is 3.31. The van der Waals surface area contributed by atoms with Crippen LogP contribution in [0.2, 0.25) is 0 Å². The van der Waals surface area contributed by atoms with E-state index >= 15 is 0 Å². The summed E-state index contributed by atoms with van der Waals surface area (Å²) >= 11 is 0. The van der Waals surface area contributed by atoms with Crippen LogP contribution >= 0.6 is 0 Å². The SMILES string of the molecule is Cn1cc(CN2CC[C@@]3(C[C@H](Nc4cccc(C#N)c4)CO3)C2)cn1. The van der Waals surface area contributed by atoms with Crippen molar-refractivity contribution in [2.45, 2.75) is 31.0 Å². The maximum absolute atomic E-state index is 9.03. The van der Waals surface area contributed by atoms with E-state index in [2.05, 4.69) is 27.6 Å². The molecule has 130 valence electrons. The molecule has 0 unspecified atom stereocenters. The Morgan fingerprint density at radius 1 is 1.48 bits per heavy atom. The second-order valence-corrected chi connectivity index (χ2v) is 7.21. The van der Waals surface area contributed by atoms with Crippen LogP contribution in [0.1, 0.15) is 24.0 Å². The zero-order valence-electron chi connectivity index (χ0n) is 14.5. The minimum absolute atomic E-state index is 0.0350. The Balaban J connectivity index is 1.35. The van der Waals surface area contributed by atoms with Crippen LogP contribution in [-0.4, -0.2) is 46.0 Å². The number of nitriles is 1. The Labute approximate surface area is 148 Å². The van der Waals surface area contributed by atoms with Crippen molar-refractivity contribution in [3.05, 3.63) is 47.8 Å². The number of nitrogens with zero attached hydrogens (tertiary/aromatic N) is 4. The minimum Gasteiger partial charge on any atom is -0.380 e. The first kappa shape index (κ1) is 16.1. The molecule has 25 heavy (non-hydrogen) atoms. The molecule has 1 N–H and O–H groups in total. The standard InChI is InChI=1S/C19H23N5O/c1-23-11-16(10-21-23)12-24-6-5-19(14-24)8-18(13-25-19)22-17-4-2-3-15(7-17)9-20/h2-4,7,10-11,18,22H,5-6,8,12-14H2,1H3/t18-,19+/m0/s1. The van der Waals surface area contributed by atoms with Gasteiger partial charge in [0, 0.05) is 50.6 Å². The van der Waals surface area contributed by atoms with Gasteiger partial charge in [0.05, 0.1) is 36.1 Å². The van der Waals surface area contributed by atoms with Gasteiger partial charge in [-0.25, -0.2) is 0 Å². The molecule has 0 saturated carbocycles. The van der Waals surface area contributed by atoms with E-state index in [1.54, 1.807) is 0 Å². The highest BCUT2D eigenvalue weighted by Crippen LogP contribution is 2.36. The molecule has 6 heteroatoms. The molecule has 3 heterocycles. The number of anilines is 1. The summed E-state index contributed by atoms with van der Waals surface area (Å²) in [6.07, 6.45) is 6.09. The molecule has 0 radical (unpaired) electrons. The lowest BCUT2D eigenvalue weighted by molar-refractivity contribution is 0.0120. The predicted molar refractivity (Wildman–Crippen MR) is 95.0 cm³/mol. The van der Waals surface area contributed by atoms with E-state index in [4.69, 9.17) is 10.00 Å². The summed E-state index contributed by atoms with van der Waals surface area (Å²) < 4.78 is 8.08. The first-order valence-corrected chi connectivity index (χ1v) is 8.75. The summed E-state index contributed by atoms with van der Waals surface area (Å²) in [4.78, 5) is 2.45. The van der Waals surface area contributed by atoms with Crippen molar-refractivity contribution in [1.82, 2.24) is 14.7 Å². The van der Waals surface area contributed by atoms with E-state index < -0.39 is 0 Å². The molecule has 0 bridgehead atoms. The number of hydrogen-bond acceptors (Lipinski definition) is 5. The lowest BCUT2D eigenvalue weighted by Crippen LogP contribution is -2.33. The second-order valence-electron chi connectivity index (χ2n) is 7.21. The van der Waals surface area contributed by atoms with Crippen molar-refractivity contribution in [2.75, 3.05) is 25.0 Å². The Bertz CT molecular complexity index is 795. The fraction of sp³-hybridized carbons (Fsp3) is 0.474. The summed E-state index contributed by atoms with van der Waals surface area (Å²) in [6.45, 7) is 3.68. The third kappa shape index (κ3) is 3.53. The van der Waals surface area contributed by atoms with Crippen LogP contribution < -0.4 is 5.32 Å². The molecule has 1 aromatic carbocycles. The number of benzene rings is 1. The summed E-state index contributed by atoms with van der Waals surface area (Å²) in [5.41, 5.74) is 2.89. The van der Waals surface area contributed by atoms with E-state index in [9.17, 15) is 0 Å². The van der Waals surface area contributed by atoms with E-state index in [1.165, 1.54) is 5.56 Å². The van der Waals surface area contributed by atoms with Gasteiger partial charge in [-0.3, -0.25) is 9.58 Å². The molecule has 1 spiro atoms. The van der Waals surface area contributed by atoms with Crippen LogP contribution in [0.4, 0.5) is 5.69 Å². The van der Waals surface area contributed by atoms with Gasteiger partial charge in [-0.2, -0.15) is 10.4 Å². The third-order valence-corrected chi connectivity index (χ3v) is 5.13. The molecule has 0 aliphatic carbocycles. The number of rotatable bonds is 4. The molecule has 2 fully saturated rings. The Morgan fingerprint density at radius 3 is 3.20 bits per heavy atom. The van der Waals surface area contributed by atoms with Crippen molar-refractivity contribution in [3.8, 4) is 6.07 Å². The van der Waals surface area contributed by atoms with Gasteiger partial charge in [0.2, 0.25) is 0 Å². The molecule has 6 nitrogen and oxygen atoms in total. The van der Waals surface area contributed by atoms with Gasteiger partial charge in [0.25, 0.3) is 0 Å². The number of hydrogen-bond donors (Lipinski definition) is 1. The van der Waals surface area contributed by atoms with Gasteiger partial charge in [-0.15, -0.1) is 0 Å². The van der Waals surface area contributed by atoms with Crippen LogP contribution in [0, 0.1) is 11.3 Å². The molecule has 2 aliphatic heterocycles. The number of nitrogens with one attached hydrogen (secondary N) is 1. The Hall–Kier alpha value is -2.36. The summed E-state index contributed by atoms with van der Waals surface area (Å²) in [7, 11) is 1.95. The zero-order valence-corrected chi connectivity index (χ0v) is 14.5. The molecule has 1 aromatic heterocycles. The number of ether oxygens (including phenoxy) is 1. The van der Waals surface area contributed by atoms with Crippen molar-refractivity contribution >= 4 is 5.69 Å². The fourth-order valence-corrected chi connectivity index (χ4v) is 4.01. The molecule has 2 saturated heterocycles. The lowest BCUT2D eigenvalue weighted by Gasteiger charge is -2.23. The smallest absolute Gasteiger partial charge is 0.0992 e. The number of aromatic nitrogens is 2. The van der Waals surface area contributed by atoms with Crippen molar-refractivity contribution in [1.29, 1.82) is 5.26 Å². The van der Waals surface area contributed by atoms with E-state index in [0.29, 0.717) is 11.6 Å². The monoisotopic (exact) mass is 337 g/mol. The fourth-order valence-electron chi connectivity index (χ4n) is 4.01. The topological polar surface area (TPSA) is 66.1 Å². The predicted octanol–water partition coefficient (Wildman–Crippen LogP) is 2.14. The Kier molecular flexibility index (Phi) is 4.20. The van der Waals surface area contributed by atoms with E-state index in [0.717, 1.165) is 44.8 Å². The van der Waals surface area contributed by atoms with Crippen LogP contribution in [-0.2, 0) is 18.3 Å². The lowest BCUT2D eigenvalue weighted by atomic mass is 9.97.